The number of H-pyrrole nitrogens is 1. The van der Waals surface area contributed by atoms with Gasteiger partial charge in [-0.25, -0.2) is 4.79 Å². The fourth-order valence-electron chi connectivity index (χ4n) is 2.43. The molecule has 0 saturated heterocycles. The minimum absolute atomic E-state index is 0.103. The highest BCUT2D eigenvalue weighted by Gasteiger charge is 2.34. The van der Waals surface area contributed by atoms with Crippen LogP contribution in [0.3, 0.4) is 0 Å². The third kappa shape index (κ3) is 2.45. The zero-order chi connectivity index (χ0) is 14.2. The van der Waals surface area contributed by atoms with Gasteiger partial charge in [-0.3, -0.25) is 9.59 Å². The largest absolute Gasteiger partial charge is 0.462 e. The molecule has 0 aliphatic heterocycles. The van der Waals surface area contributed by atoms with Gasteiger partial charge < -0.3 is 9.72 Å². The van der Waals surface area contributed by atoms with Gasteiger partial charge in [0.05, 0.1) is 12.2 Å². The van der Waals surface area contributed by atoms with Crippen LogP contribution < -0.4 is 5.43 Å². The van der Waals surface area contributed by atoms with E-state index in [1.807, 2.05) is 13.8 Å². The average molecular weight is 263 g/mol. The topological polar surface area (TPSA) is 76.2 Å². The molecule has 2 rings (SSSR count). The van der Waals surface area contributed by atoms with Crippen LogP contribution in [0.2, 0.25) is 0 Å². The highest BCUT2D eigenvalue weighted by atomic mass is 16.5. The van der Waals surface area contributed by atoms with E-state index in [1.54, 1.807) is 6.92 Å². The molecular weight excluding hydrogens is 246 g/mol. The fourth-order valence-corrected chi connectivity index (χ4v) is 2.43. The van der Waals surface area contributed by atoms with Crippen molar-refractivity contribution in [2.45, 2.75) is 33.6 Å². The number of nitrogens with one attached hydrogen (secondary N) is 1. The van der Waals surface area contributed by atoms with Crippen molar-refractivity contribution in [3.8, 4) is 0 Å². The number of aromatic nitrogens is 1. The summed E-state index contributed by atoms with van der Waals surface area (Å²) in [4.78, 5) is 38.8. The maximum Gasteiger partial charge on any atom is 0.343 e. The van der Waals surface area contributed by atoms with Crippen LogP contribution in [0.4, 0.5) is 0 Å². The van der Waals surface area contributed by atoms with Gasteiger partial charge in [-0.05, 0) is 18.8 Å². The Morgan fingerprint density at radius 1 is 1.37 bits per heavy atom. The Labute approximate surface area is 111 Å². The highest BCUT2D eigenvalue weighted by Crippen LogP contribution is 2.32. The van der Waals surface area contributed by atoms with Gasteiger partial charge in [0.25, 0.3) is 0 Å². The third-order valence-electron chi connectivity index (χ3n) is 3.23. The Bertz CT molecular complexity index is 598. The number of rotatable bonds is 2. The number of carbonyl (C=O) groups excluding carboxylic acids is 2. The molecule has 0 spiro atoms. The number of hydrogen-bond acceptors (Lipinski definition) is 4. The van der Waals surface area contributed by atoms with Crippen molar-refractivity contribution < 1.29 is 14.3 Å². The van der Waals surface area contributed by atoms with E-state index in [0.29, 0.717) is 18.5 Å². The van der Waals surface area contributed by atoms with Gasteiger partial charge in [0.2, 0.25) is 5.43 Å². The van der Waals surface area contributed by atoms with Gasteiger partial charge in [0, 0.05) is 18.3 Å². The normalized spacial score (nSPS) is 16.9. The van der Waals surface area contributed by atoms with Crippen molar-refractivity contribution >= 4 is 11.8 Å². The van der Waals surface area contributed by atoms with E-state index in [2.05, 4.69) is 4.98 Å². The van der Waals surface area contributed by atoms with Crippen molar-refractivity contribution in [1.29, 1.82) is 0 Å². The summed E-state index contributed by atoms with van der Waals surface area (Å²) < 4.78 is 4.81. The molecule has 0 atom stereocenters. The molecule has 0 bridgehead atoms. The van der Waals surface area contributed by atoms with Crippen LogP contribution in [0.25, 0.3) is 0 Å². The van der Waals surface area contributed by atoms with E-state index >= 15 is 0 Å². The van der Waals surface area contributed by atoms with Gasteiger partial charge in [-0.1, -0.05) is 13.8 Å². The maximum atomic E-state index is 12.2. The lowest BCUT2D eigenvalue weighted by Crippen LogP contribution is -2.34. The standard InChI is InChI=1S/C14H17NO4/c1-4-19-13(18)8-7-15-9-5-14(2,3)6-10(16)11(9)12(8)17/h7H,4-6H2,1-3H3,(H,15,17). The molecule has 0 radical (unpaired) electrons. The van der Waals surface area contributed by atoms with Crippen LogP contribution in [0.1, 0.15) is 53.6 Å². The molecule has 19 heavy (non-hydrogen) atoms. The molecule has 0 fully saturated rings. The summed E-state index contributed by atoms with van der Waals surface area (Å²) in [5.74, 6) is -0.900. The molecule has 1 aliphatic rings. The summed E-state index contributed by atoms with van der Waals surface area (Å²) >= 11 is 0. The first-order valence-electron chi connectivity index (χ1n) is 6.30. The van der Waals surface area contributed by atoms with Crippen LogP contribution in [0.5, 0.6) is 0 Å². The number of esters is 1. The Balaban J connectivity index is 2.52. The zero-order valence-electron chi connectivity index (χ0n) is 11.3. The van der Waals surface area contributed by atoms with Gasteiger partial charge in [-0.15, -0.1) is 0 Å². The third-order valence-corrected chi connectivity index (χ3v) is 3.23. The van der Waals surface area contributed by atoms with Gasteiger partial charge >= 0.3 is 5.97 Å². The van der Waals surface area contributed by atoms with E-state index in [1.165, 1.54) is 6.20 Å². The van der Waals surface area contributed by atoms with Gasteiger partial charge in [0.1, 0.15) is 5.56 Å². The number of Topliss-reactive ketones (excluding diaryl/α,β-unsaturated/α-hetero) is 1. The second kappa shape index (κ2) is 4.64. The first-order valence-corrected chi connectivity index (χ1v) is 6.30. The van der Waals surface area contributed by atoms with Crippen LogP contribution >= 0.6 is 0 Å². The molecule has 1 aromatic heterocycles. The summed E-state index contributed by atoms with van der Waals surface area (Å²) in [6, 6.07) is 0. The summed E-state index contributed by atoms with van der Waals surface area (Å²) in [6.45, 7) is 5.81. The molecular formula is C14H17NO4. The molecule has 5 nitrogen and oxygen atoms in total. The Morgan fingerprint density at radius 2 is 2.05 bits per heavy atom. The Hall–Kier alpha value is -1.91. The van der Waals surface area contributed by atoms with E-state index in [-0.39, 0.29) is 28.9 Å². The summed E-state index contributed by atoms with van der Waals surface area (Å²) in [6.07, 6.45) is 2.27. The van der Waals surface area contributed by atoms with Crippen LogP contribution in [-0.2, 0) is 11.2 Å². The van der Waals surface area contributed by atoms with Crippen LogP contribution in [0, 0.1) is 5.41 Å². The molecule has 1 aliphatic carbocycles. The number of hydrogen-bond donors (Lipinski definition) is 1. The monoisotopic (exact) mass is 263 g/mol. The molecule has 0 unspecified atom stereocenters. The van der Waals surface area contributed by atoms with E-state index < -0.39 is 11.4 Å². The molecule has 0 aromatic carbocycles. The summed E-state index contributed by atoms with van der Waals surface area (Å²) in [5.41, 5.74) is -0.0658. The summed E-state index contributed by atoms with van der Waals surface area (Å²) in [7, 11) is 0. The van der Waals surface area contributed by atoms with Crippen molar-refractivity contribution in [2.24, 2.45) is 5.41 Å². The highest BCUT2D eigenvalue weighted by molar-refractivity contribution is 6.00. The number of pyridine rings is 1. The lowest BCUT2D eigenvalue weighted by atomic mass is 9.75. The minimum Gasteiger partial charge on any atom is -0.462 e. The number of aromatic amines is 1. The van der Waals surface area contributed by atoms with Crippen LogP contribution in [0.15, 0.2) is 11.0 Å². The quantitative estimate of drug-likeness (QED) is 0.824. The number of fused-ring (bicyclic) bond motifs is 1. The lowest BCUT2D eigenvalue weighted by Gasteiger charge is -2.29. The number of ether oxygens (including phenoxy) is 1. The predicted molar refractivity (Wildman–Crippen MR) is 69.5 cm³/mol. The number of ketones is 1. The fraction of sp³-hybridized carbons (Fsp3) is 0.500. The lowest BCUT2D eigenvalue weighted by molar-refractivity contribution is 0.0524. The Kier molecular flexibility index (Phi) is 3.30. The van der Waals surface area contributed by atoms with Gasteiger partial charge in [0.15, 0.2) is 5.78 Å². The smallest absolute Gasteiger partial charge is 0.343 e. The van der Waals surface area contributed by atoms with Gasteiger partial charge in [-0.2, -0.15) is 0 Å². The van der Waals surface area contributed by atoms with Crippen molar-refractivity contribution in [3.05, 3.63) is 33.2 Å². The molecule has 0 amide bonds. The number of carbonyl (C=O) groups is 2. The second-order valence-corrected chi connectivity index (χ2v) is 5.55. The Morgan fingerprint density at radius 3 is 2.68 bits per heavy atom. The first kappa shape index (κ1) is 13.5. The molecule has 102 valence electrons. The SMILES string of the molecule is CCOC(=O)c1c[nH]c2c(c1=O)C(=O)CC(C)(C)C2. The minimum atomic E-state index is -0.691. The maximum absolute atomic E-state index is 12.2. The van der Waals surface area contributed by atoms with Crippen molar-refractivity contribution in [1.82, 2.24) is 4.98 Å². The average Bonchev–Trinajstić information content (AvgIpc) is 2.26. The van der Waals surface area contributed by atoms with E-state index in [0.717, 1.165) is 0 Å². The molecule has 1 aromatic rings. The molecule has 1 heterocycles. The molecule has 0 saturated carbocycles. The second-order valence-electron chi connectivity index (χ2n) is 5.55. The molecule has 5 heteroatoms. The predicted octanol–water partition coefficient (Wildman–Crippen LogP) is 1.71. The van der Waals surface area contributed by atoms with Crippen molar-refractivity contribution in [3.63, 3.8) is 0 Å². The van der Waals surface area contributed by atoms with E-state index in [9.17, 15) is 14.4 Å². The zero-order valence-corrected chi connectivity index (χ0v) is 11.3. The van der Waals surface area contributed by atoms with E-state index in [4.69, 9.17) is 4.74 Å². The van der Waals surface area contributed by atoms with Crippen molar-refractivity contribution in [2.75, 3.05) is 6.61 Å². The van der Waals surface area contributed by atoms with Crippen LogP contribution in [-0.4, -0.2) is 23.3 Å². The molecule has 1 N–H and O–H groups in total. The summed E-state index contributed by atoms with van der Waals surface area (Å²) in [5, 5.41) is 0. The first-order chi connectivity index (χ1) is 8.85.